The van der Waals surface area contributed by atoms with Gasteiger partial charge in [-0.15, -0.1) is 0 Å². The molecule has 2 aliphatic rings. The van der Waals surface area contributed by atoms with Crippen molar-refractivity contribution in [3.63, 3.8) is 0 Å². The van der Waals surface area contributed by atoms with E-state index in [1.165, 1.54) is 25.3 Å². The van der Waals surface area contributed by atoms with Crippen molar-refractivity contribution in [1.29, 1.82) is 0 Å². The molecular formula is C22H32N6O2S. The molecule has 2 aliphatic heterocycles. The van der Waals surface area contributed by atoms with Gasteiger partial charge in [0.2, 0.25) is 5.95 Å². The average Bonchev–Trinajstić information content (AvgIpc) is 2.79. The Bertz CT molecular complexity index is 962. The molecule has 4 rings (SSSR count). The molecule has 2 aromatic heterocycles. The summed E-state index contributed by atoms with van der Waals surface area (Å²) < 4.78 is 23.3. The second kappa shape index (κ2) is 8.98. The van der Waals surface area contributed by atoms with E-state index in [-0.39, 0.29) is 4.90 Å². The first-order valence-electron chi connectivity index (χ1n) is 11.0. The van der Waals surface area contributed by atoms with E-state index >= 15 is 0 Å². The number of rotatable bonds is 5. The molecule has 9 heteroatoms. The van der Waals surface area contributed by atoms with Crippen LogP contribution in [0.4, 0.5) is 17.5 Å². The fourth-order valence-corrected chi connectivity index (χ4v) is 5.22. The fourth-order valence-electron chi connectivity index (χ4n) is 4.66. The van der Waals surface area contributed by atoms with Gasteiger partial charge in [0.05, 0.1) is 23.0 Å². The van der Waals surface area contributed by atoms with Crippen LogP contribution in [0.5, 0.6) is 0 Å². The Hall–Kier alpha value is -2.42. The first-order chi connectivity index (χ1) is 14.8. The Labute approximate surface area is 185 Å². The van der Waals surface area contributed by atoms with Crippen LogP contribution in [-0.2, 0) is 9.84 Å². The Morgan fingerprint density at radius 3 is 1.84 bits per heavy atom. The number of aromatic nitrogens is 3. The van der Waals surface area contributed by atoms with E-state index in [0.717, 1.165) is 68.3 Å². The molecule has 2 fully saturated rings. The fraction of sp³-hybridized carbons (Fsp3) is 0.591. The van der Waals surface area contributed by atoms with E-state index in [0.29, 0.717) is 0 Å². The van der Waals surface area contributed by atoms with Gasteiger partial charge in [-0.05, 0) is 49.7 Å². The third kappa shape index (κ3) is 5.08. The van der Waals surface area contributed by atoms with Crippen LogP contribution in [0.3, 0.4) is 0 Å². The van der Waals surface area contributed by atoms with Crippen LogP contribution in [0, 0.1) is 11.8 Å². The normalized spacial score (nSPS) is 18.9. The van der Waals surface area contributed by atoms with Gasteiger partial charge in [0.25, 0.3) is 0 Å². The lowest BCUT2D eigenvalue weighted by atomic mass is 9.79. The molecule has 0 bridgehead atoms. The van der Waals surface area contributed by atoms with Crippen LogP contribution in [0.1, 0.15) is 25.7 Å². The highest BCUT2D eigenvalue weighted by Gasteiger charge is 2.30. The lowest BCUT2D eigenvalue weighted by molar-refractivity contribution is 0.232. The highest BCUT2D eigenvalue weighted by molar-refractivity contribution is 7.90. The minimum absolute atomic E-state index is 0.276. The first kappa shape index (κ1) is 21.8. The quantitative estimate of drug-likeness (QED) is 0.696. The van der Waals surface area contributed by atoms with Gasteiger partial charge < -0.3 is 14.7 Å². The van der Waals surface area contributed by atoms with Gasteiger partial charge in [0.15, 0.2) is 9.84 Å². The number of pyridine rings is 1. The molecule has 0 aromatic carbocycles. The summed E-state index contributed by atoms with van der Waals surface area (Å²) in [7, 11) is 0.791. The van der Waals surface area contributed by atoms with Crippen LogP contribution in [-0.4, -0.2) is 69.9 Å². The molecule has 0 spiro atoms. The van der Waals surface area contributed by atoms with Crippen molar-refractivity contribution in [2.24, 2.45) is 11.8 Å². The van der Waals surface area contributed by atoms with Crippen molar-refractivity contribution in [3.05, 3.63) is 30.7 Å². The summed E-state index contributed by atoms with van der Waals surface area (Å²) >= 11 is 0. The predicted molar refractivity (Wildman–Crippen MR) is 124 cm³/mol. The molecule has 31 heavy (non-hydrogen) atoms. The van der Waals surface area contributed by atoms with Crippen LogP contribution in [0.15, 0.2) is 35.6 Å². The van der Waals surface area contributed by atoms with Crippen LogP contribution in [0.2, 0.25) is 0 Å². The number of sulfone groups is 1. The predicted octanol–water partition coefficient (Wildman–Crippen LogP) is 2.47. The van der Waals surface area contributed by atoms with Crippen LogP contribution >= 0.6 is 0 Å². The first-order valence-corrected chi connectivity index (χ1v) is 12.9. The van der Waals surface area contributed by atoms with Crippen molar-refractivity contribution >= 4 is 27.3 Å². The van der Waals surface area contributed by atoms with Gasteiger partial charge in [-0.3, -0.25) is 0 Å². The molecule has 168 valence electrons. The zero-order valence-corrected chi connectivity index (χ0v) is 19.4. The molecule has 0 N–H and O–H groups in total. The Morgan fingerprint density at radius 1 is 0.839 bits per heavy atom. The maximum atomic E-state index is 11.6. The van der Waals surface area contributed by atoms with Gasteiger partial charge >= 0.3 is 0 Å². The summed E-state index contributed by atoms with van der Waals surface area (Å²) in [5, 5.41) is 0. The third-order valence-corrected chi connectivity index (χ3v) is 7.74. The van der Waals surface area contributed by atoms with Crippen molar-refractivity contribution in [2.75, 3.05) is 61.2 Å². The molecule has 0 atom stereocenters. The molecule has 0 aliphatic carbocycles. The molecule has 2 saturated heterocycles. The van der Waals surface area contributed by atoms with E-state index in [9.17, 15) is 8.42 Å². The molecule has 8 nitrogen and oxygen atoms in total. The Morgan fingerprint density at radius 2 is 1.39 bits per heavy atom. The zero-order valence-electron chi connectivity index (χ0n) is 18.6. The molecule has 0 radical (unpaired) electrons. The Kier molecular flexibility index (Phi) is 6.31. The number of nitrogens with zero attached hydrogens (tertiary/aromatic N) is 6. The highest BCUT2D eigenvalue weighted by Crippen LogP contribution is 2.34. The standard InChI is InChI=1S/C22H32N6O2S/c1-26(2)19-14-24-22(25-15-19)28-12-8-18(9-13-28)17-6-10-27(11-7-17)21-5-4-20(16-23-21)31(3,29)30/h4-5,14-18H,6-13H2,1-3H3. The maximum Gasteiger partial charge on any atom is 0.225 e. The molecule has 2 aromatic rings. The Balaban J connectivity index is 1.27. The second-order valence-corrected chi connectivity index (χ2v) is 10.9. The van der Waals surface area contributed by atoms with Gasteiger partial charge in [0, 0.05) is 52.7 Å². The number of anilines is 3. The number of piperidine rings is 2. The van der Waals surface area contributed by atoms with Crippen LogP contribution in [0.25, 0.3) is 0 Å². The van der Waals surface area contributed by atoms with Gasteiger partial charge in [-0.25, -0.2) is 23.4 Å². The van der Waals surface area contributed by atoms with Crippen molar-refractivity contribution in [1.82, 2.24) is 15.0 Å². The maximum absolute atomic E-state index is 11.6. The summed E-state index contributed by atoms with van der Waals surface area (Å²) in [4.78, 5) is 20.4. The highest BCUT2D eigenvalue weighted by atomic mass is 32.2. The van der Waals surface area contributed by atoms with Gasteiger partial charge in [0.1, 0.15) is 5.82 Å². The summed E-state index contributed by atoms with van der Waals surface area (Å²) in [6, 6.07) is 3.49. The molecule has 0 amide bonds. The van der Waals surface area contributed by atoms with Crippen molar-refractivity contribution in [2.45, 2.75) is 30.6 Å². The van der Waals surface area contributed by atoms with E-state index in [1.54, 1.807) is 6.07 Å². The topological polar surface area (TPSA) is 82.5 Å². The second-order valence-electron chi connectivity index (χ2n) is 8.91. The zero-order chi connectivity index (χ0) is 22.0. The van der Waals surface area contributed by atoms with E-state index in [1.807, 2.05) is 37.5 Å². The van der Waals surface area contributed by atoms with Crippen LogP contribution < -0.4 is 14.7 Å². The smallest absolute Gasteiger partial charge is 0.225 e. The van der Waals surface area contributed by atoms with Gasteiger partial charge in [-0.1, -0.05) is 0 Å². The average molecular weight is 445 g/mol. The molecule has 0 saturated carbocycles. The van der Waals surface area contributed by atoms with Crippen molar-refractivity contribution in [3.8, 4) is 0 Å². The lowest BCUT2D eigenvalue weighted by Crippen LogP contribution is -2.41. The van der Waals surface area contributed by atoms with E-state index < -0.39 is 9.84 Å². The minimum Gasteiger partial charge on any atom is -0.375 e. The number of hydrogen-bond donors (Lipinski definition) is 0. The SMILES string of the molecule is CN(C)c1cnc(N2CCC(C3CCN(c4ccc(S(C)(=O)=O)cn4)CC3)CC2)nc1. The number of hydrogen-bond acceptors (Lipinski definition) is 8. The monoisotopic (exact) mass is 444 g/mol. The van der Waals surface area contributed by atoms with E-state index in [2.05, 4.69) is 24.8 Å². The van der Waals surface area contributed by atoms with Gasteiger partial charge in [-0.2, -0.15) is 0 Å². The van der Waals surface area contributed by atoms with E-state index in [4.69, 9.17) is 0 Å². The molecular weight excluding hydrogens is 412 g/mol. The lowest BCUT2D eigenvalue weighted by Gasteiger charge is -2.40. The largest absolute Gasteiger partial charge is 0.375 e. The summed E-state index contributed by atoms with van der Waals surface area (Å²) in [5.41, 5.74) is 1.02. The minimum atomic E-state index is -3.20. The summed E-state index contributed by atoms with van der Waals surface area (Å²) in [6.45, 7) is 3.98. The molecule has 0 unspecified atom stereocenters. The molecule has 4 heterocycles. The summed E-state index contributed by atoms with van der Waals surface area (Å²) in [5.74, 6) is 3.20. The van der Waals surface area contributed by atoms with Crippen molar-refractivity contribution < 1.29 is 8.42 Å². The third-order valence-electron chi connectivity index (χ3n) is 6.64. The summed E-state index contributed by atoms with van der Waals surface area (Å²) in [6.07, 6.45) is 11.2.